The van der Waals surface area contributed by atoms with Gasteiger partial charge in [0.1, 0.15) is 0 Å². The molecule has 0 aliphatic carbocycles. The van der Waals surface area contributed by atoms with Crippen molar-refractivity contribution in [2.45, 2.75) is 19.8 Å². The van der Waals surface area contributed by atoms with Gasteiger partial charge in [0.05, 0.1) is 13.2 Å². The first kappa shape index (κ1) is 14.9. The lowest BCUT2D eigenvalue weighted by Gasteiger charge is -2.35. The Morgan fingerprint density at radius 3 is 2.24 bits per heavy atom. The average molecular weight is 244 g/mol. The number of hydrogen-bond acceptors (Lipinski definition) is 4. The maximum absolute atomic E-state index is 9.28. The van der Waals surface area contributed by atoms with E-state index in [1.165, 1.54) is 25.9 Å². The molecule has 0 unspecified atom stereocenters. The molecule has 1 aliphatic heterocycles. The zero-order chi connectivity index (χ0) is 12.9. The number of nitrogens with zero attached hydrogens (tertiary/aromatic N) is 2. The van der Waals surface area contributed by atoms with Gasteiger partial charge in [-0.05, 0) is 45.9 Å². The monoisotopic (exact) mass is 244 g/mol. The molecule has 1 saturated heterocycles. The molecule has 1 fully saturated rings. The van der Waals surface area contributed by atoms with Crippen LogP contribution in [-0.2, 0) is 0 Å². The van der Waals surface area contributed by atoms with E-state index >= 15 is 0 Å². The standard InChI is InChI=1S/C13H28N2O2/c1-13(10-16,11-17)9-15(3)8-12-4-6-14(2)7-5-12/h12,16-17H,4-11H2,1-3H3. The summed E-state index contributed by atoms with van der Waals surface area (Å²) in [5.74, 6) is 0.762. The molecule has 17 heavy (non-hydrogen) atoms. The van der Waals surface area contributed by atoms with Crippen molar-refractivity contribution >= 4 is 0 Å². The largest absolute Gasteiger partial charge is 0.396 e. The third-order valence-electron chi connectivity index (χ3n) is 3.82. The highest BCUT2D eigenvalue weighted by Gasteiger charge is 2.26. The Labute approximate surface area is 105 Å². The molecule has 102 valence electrons. The van der Waals surface area contributed by atoms with Crippen molar-refractivity contribution in [3.8, 4) is 0 Å². The first-order chi connectivity index (χ1) is 7.99. The van der Waals surface area contributed by atoms with E-state index < -0.39 is 0 Å². The Bertz CT molecular complexity index is 211. The number of likely N-dealkylation sites (tertiary alicyclic amines) is 1. The van der Waals surface area contributed by atoms with E-state index in [-0.39, 0.29) is 18.6 Å². The number of rotatable bonds is 6. The molecular weight excluding hydrogens is 216 g/mol. The zero-order valence-corrected chi connectivity index (χ0v) is 11.5. The second-order valence-electron chi connectivity index (χ2n) is 6.07. The summed E-state index contributed by atoms with van der Waals surface area (Å²) < 4.78 is 0. The van der Waals surface area contributed by atoms with E-state index in [4.69, 9.17) is 0 Å². The summed E-state index contributed by atoms with van der Waals surface area (Å²) in [5.41, 5.74) is -0.375. The number of piperidine rings is 1. The molecule has 0 amide bonds. The maximum Gasteiger partial charge on any atom is 0.0519 e. The van der Waals surface area contributed by atoms with Gasteiger partial charge in [0, 0.05) is 18.5 Å². The molecule has 4 heteroatoms. The molecule has 2 N–H and O–H groups in total. The predicted molar refractivity (Wildman–Crippen MR) is 70.0 cm³/mol. The second kappa shape index (κ2) is 6.69. The van der Waals surface area contributed by atoms with Crippen LogP contribution in [0.15, 0.2) is 0 Å². The van der Waals surface area contributed by atoms with Gasteiger partial charge in [-0.15, -0.1) is 0 Å². The summed E-state index contributed by atoms with van der Waals surface area (Å²) in [6.07, 6.45) is 2.52. The van der Waals surface area contributed by atoms with Crippen molar-refractivity contribution in [3.05, 3.63) is 0 Å². The third-order valence-corrected chi connectivity index (χ3v) is 3.82. The minimum Gasteiger partial charge on any atom is -0.396 e. The van der Waals surface area contributed by atoms with Crippen molar-refractivity contribution in [3.63, 3.8) is 0 Å². The number of aliphatic hydroxyl groups excluding tert-OH is 2. The summed E-state index contributed by atoms with van der Waals surface area (Å²) in [5, 5.41) is 18.6. The van der Waals surface area contributed by atoms with Gasteiger partial charge in [-0.25, -0.2) is 0 Å². The van der Waals surface area contributed by atoms with Crippen LogP contribution in [0.2, 0.25) is 0 Å². The minimum atomic E-state index is -0.375. The number of aliphatic hydroxyl groups is 2. The SMILES string of the molecule is CN1CCC(CN(C)CC(C)(CO)CO)CC1. The van der Waals surface area contributed by atoms with E-state index in [9.17, 15) is 10.2 Å². The van der Waals surface area contributed by atoms with Gasteiger partial charge in [0.25, 0.3) is 0 Å². The summed E-state index contributed by atoms with van der Waals surface area (Å²) in [4.78, 5) is 4.63. The van der Waals surface area contributed by atoms with E-state index in [1.807, 2.05) is 6.92 Å². The van der Waals surface area contributed by atoms with Crippen LogP contribution in [0.3, 0.4) is 0 Å². The molecule has 0 aromatic carbocycles. The zero-order valence-electron chi connectivity index (χ0n) is 11.5. The smallest absolute Gasteiger partial charge is 0.0519 e. The molecular formula is C13H28N2O2. The van der Waals surface area contributed by atoms with Gasteiger partial charge < -0.3 is 20.0 Å². The Hall–Kier alpha value is -0.160. The van der Waals surface area contributed by atoms with Crippen molar-refractivity contribution < 1.29 is 10.2 Å². The number of hydrogen-bond donors (Lipinski definition) is 2. The highest BCUT2D eigenvalue weighted by atomic mass is 16.3. The van der Waals surface area contributed by atoms with Gasteiger partial charge in [0.2, 0.25) is 0 Å². The first-order valence-corrected chi connectivity index (χ1v) is 6.58. The highest BCUT2D eigenvalue weighted by molar-refractivity contribution is 4.78. The lowest BCUT2D eigenvalue weighted by molar-refractivity contribution is 0.0353. The molecule has 0 atom stereocenters. The summed E-state index contributed by atoms with van der Waals surface area (Å²) >= 11 is 0. The lowest BCUT2D eigenvalue weighted by atomic mass is 9.91. The Balaban J connectivity index is 2.31. The summed E-state index contributed by atoms with van der Waals surface area (Å²) in [6, 6.07) is 0. The molecule has 0 saturated carbocycles. The van der Waals surface area contributed by atoms with Crippen LogP contribution in [0, 0.1) is 11.3 Å². The molecule has 0 bridgehead atoms. The van der Waals surface area contributed by atoms with E-state index in [0.717, 1.165) is 19.0 Å². The lowest BCUT2D eigenvalue weighted by Crippen LogP contribution is -2.42. The molecule has 1 aliphatic rings. The molecule has 0 radical (unpaired) electrons. The molecule has 0 spiro atoms. The fourth-order valence-electron chi connectivity index (χ4n) is 2.55. The Morgan fingerprint density at radius 2 is 1.76 bits per heavy atom. The van der Waals surface area contributed by atoms with Crippen LogP contribution in [-0.4, -0.2) is 73.5 Å². The Morgan fingerprint density at radius 1 is 1.24 bits per heavy atom. The van der Waals surface area contributed by atoms with Crippen LogP contribution < -0.4 is 0 Å². The first-order valence-electron chi connectivity index (χ1n) is 6.58. The quantitative estimate of drug-likeness (QED) is 0.703. The van der Waals surface area contributed by atoms with Crippen LogP contribution in [0.1, 0.15) is 19.8 Å². The van der Waals surface area contributed by atoms with E-state index in [0.29, 0.717) is 0 Å². The third kappa shape index (κ3) is 4.92. The van der Waals surface area contributed by atoms with Crippen molar-refractivity contribution in [1.29, 1.82) is 0 Å². The van der Waals surface area contributed by atoms with Crippen LogP contribution in [0.25, 0.3) is 0 Å². The minimum absolute atomic E-state index is 0.0429. The molecule has 0 aromatic heterocycles. The van der Waals surface area contributed by atoms with Crippen molar-refractivity contribution in [2.24, 2.45) is 11.3 Å². The van der Waals surface area contributed by atoms with Crippen LogP contribution in [0.5, 0.6) is 0 Å². The molecule has 1 rings (SSSR count). The van der Waals surface area contributed by atoms with Gasteiger partial charge in [-0.3, -0.25) is 0 Å². The molecule has 0 aromatic rings. The molecule has 1 heterocycles. The van der Waals surface area contributed by atoms with Crippen molar-refractivity contribution in [1.82, 2.24) is 9.80 Å². The maximum atomic E-state index is 9.28. The second-order valence-corrected chi connectivity index (χ2v) is 6.07. The van der Waals surface area contributed by atoms with Gasteiger partial charge >= 0.3 is 0 Å². The van der Waals surface area contributed by atoms with Crippen molar-refractivity contribution in [2.75, 3.05) is 53.5 Å². The van der Waals surface area contributed by atoms with E-state index in [1.54, 1.807) is 0 Å². The predicted octanol–water partition coefficient (Wildman–Crippen LogP) is 0.251. The van der Waals surface area contributed by atoms with E-state index in [2.05, 4.69) is 23.9 Å². The van der Waals surface area contributed by atoms with Crippen LogP contribution in [0.4, 0.5) is 0 Å². The summed E-state index contributed by atoms with van der Waals surface area (Å²) in [7, 11) is 4.26. The normalized spacial score (nSPS) is 20.1. The topological polar surface area (TPSA) is 46.9 Å². The Kier molecular flexibility index (Phi) is 5.86. The molecule has 4 nitrogen and oxygen atoms in total. The average Bonchev–Trinajstić information content (AvgIpc) is 2.32. The van der Waals surface area contributed by atoms with Gasteiger partial charge in [0.15, 0.2) is 0 Å². The fourth-order valence-corrected chi connectivity index (χ4v) is 2.55. The summed E-state index contributed by atoms with van der Waals surface area (Å²) in [6.45, 7) is 6.22. The van der Waals surface area contributed by atoms with Gasteiger partial charge in [-0.2, -0.15) is 0 Å². The van der Waals surface area contributed by atoms with Gasteiger partial charge in [-0.1, -0.05) is 6.92 Å². The highest BCUT2D eigenvalue weighted by Crippen LogP contribution is 2.20. The van der Waals surface area contributed by atoms with Crippen LogP contribution >= 0.6 is 0 Å². The fraction of sp³-hybridized carbons (Fsp3) is 1.00.